The molecule has 0 aliphatic carbocycles. The van der Waals surface area contributed by atoms with E-state index >= 15 is 0 Å². The second-order valence-electron chi connectivity index (χ2n) is 8.67. The second-order valence-corrected chi connectivity index (χ2v) is 8.67. The molecule has 2 heterocycles. The molecule has 4 nitrogen and oxygen atoms in total. The van der Waals surface area contributed by atoms with Crippen LogP contribution in [0.15, 0.2) is 42.0 Å². The summed E-state index contributed by atoms with van der Waals surface area (Å²) in [4.78, 5) is 0. The molecule has 4 rings (SSSR count). The number of phenolic OH excluding ortho intramolecular Hbond substituents is 2. The second kappa shape index (κ2) is 7.18. The number of hydrogen-bond acceptors (Lipinski definition) is 4. The number of ether oxygens (including phenoxy) is 2. The molecule has 2 aromatic carbocycles. The lowest BCUT2D eigenvalue weighted by Gasteiger charge is -2.32. The maximum Gasteiger partial charge on any atom is 0.169 e. The lowest BCUT2D eigenvalue weighted by Crippen LogP contribution is -2.28. The summed E-state index contributed by atoms with van der Waals surface area (Å²) in [5, 5.41) is 21.0. The summed E-state index contributed by atoms with van der Waals surface area (Å²) < 4.78 is 12.4. The smallest absolute Gasteiger partial charge is 0.169 e. The van der Waals surface area contributed by atoms with Gasteiger partial charge in [-0.25, -0.2) is 0 Å². The van der Waals surface area contributed by atoms with Gasteiger partial charge < -0.3 is 19.7 Å². The molecule has 0 spiro atoms. The van der Waals surface area contributed by atoms with Gasteiger partial charge in [-0.05, 0) is 70.7 Å². The Kier molecular flexibility index (Phi) is 4.81. The number of hydrogen-bond donors (Lipinski definition) is 2. The highest BCUT2D eigenvalue weighted by Crippen LogP contribution is 2.46. The van der Waals surface area contributed by atoms with E-state index in [-0.39, 0.29) is 17.6 Å². The molecule has 0 unspecified atom stereocenters. The van der Waals surface area contributed by atoms with Gasteiger partial charge in [0.15, 0.2) is 11.5 Å². The Hall–Kier alpha value is -2.88. The Morgan fingerprint density at radius 1 is 1.21 bits per heavy atom. The summed E-state index contributed by atoms with van der Waals surface area (Å²) in [6.07, 6.45) is 8.21. The van der Waals surface area contributed by atoms with Crippen molar-refractivity contribution in [1.82, 2.24) is 0 Å². The fourth-order valence-electron chi connectivity index (χ4n) is 3.93. The molecule has 4 heteroatoms. The number of phenols is 2. The molecule has 2 aromatic rings. The van der Waals surface area contributed by atoms with Crippen LogP contribution in [-0.2, 0) is 12.8 Å². The maximum atomic E-state index is 11.1. The van der Waals surface area contributed by atoms with Gasteiger partial charge in [-0.1, -0.05) is 23.8 Å². The van der Waals surface area contributed by atoms with Crippen LogP contribution in [0.25, 0.3) is 6.08 Å². The Morgan fingerprint density at radius 2 is 2.00 bits per heavy atom. The van der Waals surface area contributed by atoms with Gasteiger partial charge in [0.1, 0.15) is 23.2 Å². The molecular weight excluding hydrogens is 364 g/mol. The third kappa shape index (κ3) is 3.84. The number of rotatable bonds is 3. The van der Waals surface area contributed by atoms with E-state index in [0.717, 1.165) is 35.1 Å². The van der Waals surface area contributed by atoms with Gasteiger partial charge in [0.2, 0.25) is 0 Å². The van der Waals surface area contributed by atoms with Gasteiger partial charge in [0, 0.05) is 22.8 Å². The molecule has 0 fully saturated rings. The predicted molar refractivity (Wildman–Crippen MR) is 115 cm³/mol. The summed E-state index contributed by atoms with van der Waals surface area (Å²) in [7, 11) is 0. The van der Waals surface area contributed by atoms with E-state index < -0.39 is 5.60 Å². The number of aromatic hydroxyl groups is 2. The summed E-state index contributed by atoms with van der Waals surface area (Å²) in [6.45, 7) is 8.05. The molecular formula is C25H28O4. The van der Waals surface area contributed by atoms with Crippen molar-refractivity contribution in [2.24, 2.45) is 0 Å². The van der Waals surface area contributed by atoms with Gasteiger partial charge in [-0.2, -0.15) is 0 Å². The van der Waals surface area contributed by atoms with Gasteiger partial charge in [-0.15, -0.1) is 0 Å². The monoisotopic (exact) mass is 392 g/mol. The van der Waals surface area contributed by atoms with Crippen molar-refractivity contribution in [1.29, 1.82) is 0 Å². The lowest BCUT2D eigenvalue weighted by atomic mass is 9.89. The van der Waals surface area contributed by atoms with E-state index in [9.17, 15) is 10.2 Å². The van der Waals surface area contributed by atoms with Crippen molar-refractivity contribution in [2.45, 2.75) is 58.7 Å². The first-order valence-electron chi connectivity index (χ1n) is 10.1. The molecule has 0 bridgehead atoms. The molecule has 1 atom stereocenters. The number of benzene rings is 2. The quantitative estimate of drug-likeness (QED) is 0.643. The molecule has 0 aromatic heterocycles. The summed E-state index contributed by atoms with van der Waals surface area (Å²) in [6, 6.07) is 7.35. The highest BCUT2D eigenvalue weighted by molar-refractivity contribution is 5.69. The van der Waals surface area contributed by atoms with Crippen LogP contribution < -0.4 is 9.47 Å². The van der Waals surface area contributed by atoms with Crippen molar-refractivity contribution in [3.8, 4) is 23.0 Å². The molecule has 0 amide bonds. The largest absolute Gasteiger partial charge is 0.508 e. The molecule has 0 saturated carbocycles. The third-order valence-electron chi connectivity index (χ3n) is 5.51. The highest BCUT2D eigenvalue weighted by Gasteiger charge is 2.31. The number of fused-ring (bicyclic) bond motifs is 2. The van der Waals surface area contributed by atoms with Gasteiger partial charge in [0.25, 0.3) is 0 Å². The number of aryl methyl sites for hydroxylation is 1. The average molecular weight is 392 g/mol. The van der Waals surface area contributed by atoms with Crippen molar-refractivity contribution in [3.63, 3.8) is 0 Å². The molecule has 0 radical (unpaired) electrons. The SMILES string of the molecule is CC(C)=CCc1c([C@H]2CCc3ccc(O)cc3O2)cc2c(c1O)OC(C)(C)C=C2. The minimum absolute atomic E-state index is 0.190. The Morgan fingerprint density at radius 3 is 2.76 bits per heavy atom. The average Bonchev–Trinajstić information content (AvgIpc) is 2.66. The standard InChI is InChI=1S/C25H28O4/c1-15(2)5-9-19-20(13-17-11-12-25(3,4)29-24(17)23(19)27)21-10-7-16-6-8-18(26)14-22(16)28-21/h5-6,8,11-14,21,26-27H,7,9-10H2,1-4H3/t21-/m1/s1. The number of allylic oxidation sites excluding steroid dienone is 2. The van der Waals surface area contributed by atoms with E-state index in [2.05, 4.69) is 12.1 Å². The highest BCUT2D eigenvalue weighted by atomic mass is 16.5. The third-order valence-corrected chi connectivity index (χ3v) is 5.51. The Bertz CT molecular complexity index is 1010. The predicted octanol–water partition coefficient (Wildman–Crippen LogP) is 5.86. The summed E-state index contributed by atoms with van der Waals surface area (Å²) in [5.74, 6) is 1.63. The van der Waals surface area contributed by atoms with E-state index in [1.165, 1.54) is 5.57 Å². The van der Waals surface area contributed by atoms with Crippen molar-refractivity contribution < 1.29 is 19.7 Å². The molecule has 2 aliphatic rings. The molecule has 0 saturated heterocycles. The van der Waals surface area contributed by atoms with Crippen molar-refractivity contribution in [2.75, 3.05) is 0 Å². The van der Waals surface area contributed by atoms with Crippen LogP contribution in [0, 0.1) is 0 Å². The van der Waals surface area contributed by atoms with Crippen LogP contribution >= 0.6 is 0 Å². The van der Waals surface area contributed by atoms with Crippen LogP contribution in [0.5, 0.6) is 23.0 Å². The zero-order valence-electron chi connectivity index (χ0n) is 17.5. The van der Waals surface area contributed by atoms with Crippen molar-refractivity contribution in [3.05, 3.63) is 64.2 Å². The molecule has 2 aliphatic heterocycles. The Labute approximate surface area is 172 Å². The first-order valence-corrected chi connectivity index (χ1v) is 10.1. The lowest BCUT2D eigenvalue weighted by molar-refractivity contribution is 0.151. The van der Waals surface area contributed by atoms with Crippen LogP contribution in [0.1, 0.15) is 62.5 Å². The normalized spacial score (nSPS) is 18.8. The van der Waals surface area contributed by atoms with Crippen molar-refractivity contribution >= 4 is 6.08 Å². The minimum atomic E-state index is -0.461. The van der Waals surface area contributed by atoms with Gasteiger partial charge in [-0.3, -0.25) is 0 Å². The zero-order valence-corrected chi connectivity index (χ0v) is 17.5. The summed E-state index contributed by atoms with van der Waals surface area (Å²) in [5.41, 5.74) is 4.50. The van der Waals surface area contributed by atoms with E-state index in [1.54, 1.807) is 12.1 Å². The Balaban J connectivity index is 1.80. The van der Waals surface area contributed by atoms with Crippen LogP contribution in [-0.4, -0.2) is 15.8 Å². The van der Waals surface area contributed by atoms with E-state index in [1.807, 2.05) is 45.9 Å². The van der Waals surface area contributed by atoms with Gasteiger partial charge >= 0.3 is 0 Å². The molecule has 152 valence electrons. The summed E-state index contributed by atoms with van der Waals surface area (Å²) >= 11 is 0. The fourth-order valence-corrected chi connectivity index (χ4v) is 3.93. The van der Waals surface area contributed by atoms with E-state index in [0.29, 0.717) is 17.9 Å². The van der Waals surface area contributed by atoms with Crippen LogP contribution in [0.3, 0.4) is 0 Å². The van der Waals surface area contributed by atoms with Crippen LogP contribution in [0.4, 0.5) is 0 Å². The maximum absolute atomic E-state index is 11.1. The zero-order chi connectivity index (χ0) is 20.8. The minimum Gasteiger partial charge on any atom is -0.508 e. The first kappa shape index (κ1) is 19.4. The molecule has 29 heavy (non-hydrogen) atoms. The topological polar surface area (TPSA) is 58.9 Å². The van der Waals surface area contributed by atoms with Crippen LogP contribution in [0.2, 0.25) is 0 Å². The fraction of sp³-hybridized carbons (Fsp3) is 0.360. The molecule has 2 N–H and O–H groups in total. The van der Waals surface area contributed by atoms with Gasteiger partial charge in [0.05, 0.1) is 0 Å². The van der Waals surface area contributed by atoms with E-state index in [4.69, 9.17) is 9.47 Å². The first-order chi connectivity index (χ1) is 13.7.